The van der Waals surface area contributed by atoms with Gasteiger partial charge in [-0.1, -0.05) is 19.9 Å². The molecule has 1 aromatic rings. The number of hydrogen-bond donors (Lipinski definition) is 1. The van der Waals surface area contributed by atoms with Gasteiger partial charge in [-0.25, -0.2) is 4.98 Å². The Bertz CT molecular complexity index is 343. The fourth-order valence-electron chi connectivity index (χ4n) is 1.68. The molecule has 1 aromatic heterocycles. The molecule has 3 heteroatoms. The fraction of sp³-hybridized carbons (Fsp3) is 0.667. The summed E-state index contributed by atoms with van der Waals surface area (Å²) < 4.78 is 0. The van der Waals surface area contributed by atoms with Crippen LogP contribution >= 0.6 is 0 Å². The van der Waals surface area contributed by atoms with Gasteiger partial charge in [0.2, 0.25) is 0 Å². The molecule has 0 radical (unpaired) electrons. The average Bonchev–Trinajstić information content (AvgIpc) is 2.39. The molecule has 0 spiro atoms. The summed E-state index contributed by atoms with van der Waals surface area (Å²) in [7, 11) is 2.11. The zero-order valence-electron chi connectivity index (χ0n) is 12.5. The monoisotopic (exact) mass is 249 g/mol. The smallest absolute Gasteiger partial charge is 0.128 e. The van der Waals surface area contributed by atoms with Crippen LogP contribution in [0.25, 0.3) is 0 Å². The van der Waals surface area contributed by atoms with Crippen molar-refractivity contribution >= 4 is 5.82 Å². The van der Waals surface area contributed by atoms with E-state index in [1.54, 1.807) is 0 Å². The van der Waals surface area contributed by atoms with Crippen LogP contribution in [0, 0.1) is 0 Å². The molecule has 18 heavy (non-hydrogen) atoms. The summed E-state index contributed by atoms with van der Waals surface area (Å²) in [5.41, 5.74) is 1.39. The molecule has 0 fully saturated rings. The molecular formula is C15H27N3. The maximum Gasteiger partial charge on any atom is 0.128 e. The highest BCUT2D eigenvalue weighted by Crippen LogP contribution is 2.22. The third-order valence-corrected chi connectivity index (χ3v) is 3.68. The summed E-state index contributed by atoms with van der Waals surface area (Å²) in [6, 6.07) is 4.27. The van der Waals surface area contributed by atoms with Crippen LogP contribution in [-0.2, 0) is 6.54 Å². The van der Waals surface area contributed by atoms with Gasteiger partial charge >= 0.3 is 0 Å². The Kier molecular flexibility index (Phi) is 5.60. The van der Waals surface area contributed by atoms with Gasteiger partial charge < -0.3 is 10.2 Å². The Balaban J connectivity index is 2.65. The standard InChI is InChI=1S/C15H27N3/c1-6-10-16-11-13-8-9-14(17-12-13)18(5)15(3,4)7-2/h8-9,12,16H,6-7,10-11H2,1-5H3. The van der Waals surface area contributed by atoms with Gasteiger partial charge in [-0.3, -0.25) is 0 Å². The van der Waals surface area contributed by atoms with Gasteiger partial charge in [0, 0.05) is 25.3 Å². The van der Waals surface area contributed by atoms with Crippen molar-refractivity contribution in [3.63, 3.8) is 0 Å². The van der Waals surface area contributed by atoms with Crippen LogP contribution < -0.4 is 10.2 Å². The number of rotatable bonds is 7. The van der Waals surface area contributed by atoms with Gasteiger partial charge in [-0.05, 0) is 44.9 Å². The van der Waals surface area contributed by atoms with Crippen molar-refractivity contribution in [3.8, 4) is 0 Å². The summed E-state index contributed by atoms with van der Waals surface area (Å²) in [5, 5.41) is 3.39. The third kappa shape index (κ3) is 3.98. The van der Waals surface area contributed by atoms with E-state index in [-0.39, 0.29) is 5.54 Å². The highest BCUT2D eigenvalue weighted by molar-refractivity contribution is 5.41. The minimum atomic E-state index is 0.148. The number of aromatic nitrogens is 1. The van der Waals surface area contributed by atoms with E-state index in [1.807, 2.05) is 6.20 Å². The molecule has 0 amide bonds. The number of hydrogen-bond acceptors (Lipinski definition) is 3. The third-order valence-electron chi connectivity index (χ3n) is 3.68. The van der Waals surface area contributed by atoms with Crippen molar-refractivity contribution in [3.05, 3.63) is 23.9 Å². The Morgan fingerprint density at radius 1 is 1.28 bits per heavy atom. The van der Waals surface area contributed by atoms with Crippen LogP contribution in [0.3, 0.4) is 0 Å². The lowest BCUT2D eigenvalue weighted by molar-refractivity contribution is 0.467. The quantitative estimate of drug-likeness (QED) is 0.752. The zero-order chi connectivity index (χ0) is 13.6. The Morgan fingerprint density at radius 3 is 2.50 bits per heavy atom. The first-order chi connectivity index (χ1) is 8.51. The summed E-state index contributed by atoms with van der Waals surface area (Å²) in [4.78, 5) is 6.80. The summed E-state index contributed by atoms with van der Waals surface area (Å²) in [6.07, 6.45) is 4.24. The minimum absolute atomic E-state index is 0.148. The van der Waals surface area contributed by atoms with Crippen LogP contribution in [0.15, 0.2) is 18.3 Å². The Labute approximate surface area is 112 Å². The van der Waals surface area contributed by atoms with E-state index in [9.17, 15) is 0 Å². The van der Waals surface area contributed by atoms with Crippen LogP contribution in [-0.4, -0.2) is 24.1 Å². The second kappa shape index (κ2) is 6.74. The van der Waals surface area contributed by atoms with E-state index in [4.69, 9.17) is 0 Å². The molecule has 0 saturated carbocycles. The lowest BCUT2D eigenvalue weighted by atomic mass is 10.00. The minimum Gasteiger partial charge on any atom is -0.355 e. The molecule has 0 bridgehead atoms. The van der Waals surface area contributed by atoms with E-state index in [0.29, 0.717) is 0 Å². The molecule has 1 N–H and O–H groups in total. The van der Waals surface area contributed by atoms with Gasteiger partial charge in [0.15, 0.2) is 0 Å². The average molecular weight is 249 g/mol. The largest absolute Gasteiger partial charge is 0.355 e. The first-order valence-electron chi connectivity index (χ1n) is 6.90. The van der Waals surface area contributed by atoms with Crippen molar-refractivity contribution in [2.24, 2.45) is 0 Å². The molecule has 102 valence electrons. The SMILES string of the molecule is CCCNCc1ccc(N(C)C(C)(C)CC)nc1. The molecule has 0 aliphatic rings. The van der Waals surface area contributed by atoms with Crippen LogP contribution in [0.4, 0.5) is 5.82 Å². The van der Waals surface area contributed by atoms with Crippen molar-refractivity contribution in [2.45, 2.75) is 52.6 Å². The van der Waals surface area contributed by atoms with E-state index in [1.165, 1.54) is 12.0 Å². The van der Waals surface area contributed by atoms with E-state index < -0.39 is 0 Å². The predicted molar refractivity (Wildman–Crippen MR) is 79.0 cm³/mol. The van der Waals surface area contributed by atoms with Crippen LogP contribution in [0.5, 0.6) is 0 Å². The van der Waals surface area contributed by atoms with E-state index in [0.717, 1.165) is 25.3 Å². The zero-order valence-corrected chi connectivity index (χ0v) is 12.5. The Morgan fingerprint density at radius 2 is 2.00 bits per heavy atom. The Hall–Kier alpha value is -1.09. The first-order valence-corrected chi connectivity index (χ1v) is 6.90. The maximum atomic E-state index is 4.56. The number of anilines is 1. The molecule has 1 rings (SSSR count). The first kappa shape index (κ1) is 15.0. The lowest BCUT2D eigenvalue weighted by Crippen LogP contribution is -2.41. The van der Waals surface area contributed by atoms with Gasteiger partial charge in [-0.15, -0.1) is 0 Å². The summed E-state index contributed by atoms with van der Waals surface area (Å²) in [5.74, 6) is 1.04. The lowest BCUT2D eigenvalue weighted by Gasteiger charge is -2.35. The van der Waals surface area contributed by atoms with Gasteiger partial charge in [-0.2, -0.15) is 0 Å². The highest BCUT2D eigenvalue weighted by atomic mass is 15.2. The fourth-order valence-corrected chi connectivity index (χ4v) is 1.68. The molecule has 3 nitrogen and oxygen atoms in total. The molecule has 1 heterocycles. The molecule has 0 aliphatic heterocycles. The van der Waals surface area contributed by atoms with Crippen molar-refractivity contribution in [2.75, 3.05) is 18.5 Å². The number of nitrogens with one attached hydrogen (secondary N) is 1. The van der Waals surface area contributed by atoms with Crippen molar-refractivity contribution < 1.29 is 0 Å². The summed E-state index contributed by atoms with van der Waals surface area (Å²) >= 11 is 0. The van der Waals surface area contributed by atoms with Crippen molar-refractivity contribution in [1.82, 2.24) is 10.3 Å². The second-order valence-electron chi connectivity index (χ2n) is 5.43. The molecule has 0 atom stereocenters. The molecular weight excluding hydrogens is 222 g/mol. The normalized spacial score (nSPS) is 11.6. The van der Waals surface area contributed by atoms with Gasteiger partial charge in [0.1, 0.15) is 5.82 Å². The molecule has 0 unspecified atom stereocenters. The number of nitrogens with zero attached hydrogens (tertiary/aromatic N) is 2. The van der Waals surface area contributed by atoms with E-state index in [2.05, 4.69) is 62.1 Å². The van der Waals surface area contributed by atoms with Crippen LogP contribution in [0.1, 0.15) is 46.1 Å². The predicted octanol–water partition coefficient (Wildman–Crippen LogP) is 3.21. The van der Waals surface area contributed by atoms with E-state index >= 15 is 0 Å². The number of pyridine rings is 1. The topological polar surface area (TPSA) is 28.2 Å². The van der Waals surface area contributed by atoms with Crippen LogP contribution in [0.2, 0.25) is 0 Å². The van der Waals surface area contributed by atoms with Crippen molar-refractivity contribution in [1.29, 1.82) is 0 Å². The second-order valence-corrected chi connectivity index (χ2v) is 5.43. The highest BCUT2D eigenvalue weighted by Gasteiger charge is 2.21. The van der Waals surface area contributed by atoms with Gasteiger partial charge in [0.05, 0.1) is 0 Å². The summed E-state index contributed by atoms with van der Waals surface area (Å²) in [6.45, 7) is 10.8. The molecule has 0 saturated heterocycles. The molecule has 0 aromatic carbocycles. The van der Waals surface area contributed by atoms with Gasteiger partial charge in [0.25, 0.3) is 0 Å². The molecule has 0 aliphatic carbocycles. The maximum absolute atomic E-state index is 4.56.